The standard InChI is InChI=1S/C4H4F3N3O2S/c5-4(6,7)13(11,12)10-3-1-8-9-2-3/h1-2,10H,(H,8,9). The highest BCUT2D eigenvalue weighted by atomic mass is 32.2. The van der Waals surface area contributed by atoms with Gasteiger partial charge in [0.05, 0.1) is 11.9 Å². The molecule has 0 aliphatic carbocycles. The molecule has 0 unspecified atom stereocenters. The monoisotopic (exact) mass is 215 g/mol. The molecule has 0 aliphatic heterocycles. The molecule has 0 radical (unpaired) electrons. The molecule has 0 amide bonds. The molecule has 0 aliphatic rings. The van der Waals surface area contributed by atoms with Gasteiger partial charge in [-0.1, -0.05) is 0 Å². The lowest BCUT2D eigenvalue weighted by Gasteiger charge is -2.07. The number of sulfonamides is 1. The molecule has 1 aromatic rings. The Morgan fingerprint density at radius 1 is 1.46 bits per heavy atom. The summed E-state index contributed by atoms with van der Waals surface area (Å²) in [5.74, 6) is 0. The van der Waals surface area contributed by atoms with Crippen molar-refractivity contribution >= 4 is 15.7 Å². The van der Waals surface area contributed by atoms with Crippen LogP contribution in [0.25, 0.3) is 0 Å². The van der Waals surface area contributed by atoms with Crippen LogP contribution in [0.4, 0.5) is 18.9 Å². The second-order valence-corrected chi connectivity index (χ2v) is 3.71. The van der Waals surface area contributed by atoms with Gasteiger partial charge in [-0.05, 0) is 0 Å². The van der Waals surface area contributed by atoms with Crippen molar-refractivity contribution in [2.45, 2.75) is 5.51 Å². The van der Waals surface area contributed by atoms with Gasteiger partial charge in [-0.2, -0.15) is 26.7 Å². The van der Waals surface area contributed by atoms with E-state index in [4.69, 9.17) is 0 Å². The zero-order chi connectivity index (χ0) is 10.1. The summed E-state index contributed by atoms with van der Waals surface area (Å²) in [5.41, 5.74) is -5.58. The third kappa shape index (κ3) is 2.11. The predicted octanol–water partition coefficient (Wildman–Crippen LogP) is 0.671. The average Bonchev–Trinajstić information content (AvgIpc) is 2.35. The minimum Gasteiger partial charge on any atom is -0.284 e. The molecule has 1 heterocycles. The second-order valence-electron chi connectivity index (χ2n) is 2.04. The van der Waals surface area contributed by atoms with Crippen molar-refractivity contribution in [3.05, 3.63) is 12.4 Å². The van der Waals surface area contributed by atoms with Gasteiger partial charge in [0.25, 0.3) is 0 Å². The lowest BCUT2D eigenvalue weighted by Crippen LogP contribution is -2.29. The summed E-state index contributed by atoms with van der Waals surface area (Å²) < 4.78 is 57.4. The van der Waals surface area contributed by atoms with Gasteiger partial charge in [0.2, 0.25) is 0 Å². The number of alkyl halides is 3. The van der Waals surface area contributed by atoms with E-state index in [9.17, 15) is 21.6 Å². The van der Waals surface area contributed by atoms with Crippen LogP contribution in [0.3, 0.4) is 0 Å². The molecule has 1 rings (SSSR count). The fourth-order valence-corrected chi connectivity index (χ4v) is 1.06. The van der Waals surface area contributed by atoms with Gasteiger partial charge in [0.15, 0.2) is 0 Å². The fraction of sp³-hybridized carbons (Fsp3) is 0.250. The molecule has 0 saturated carbocycles. The Bertz CT molecular complexity index is 368. The number of nitrogens with zero attached hydrogens (tertiary/aromatic N) is 1. The molecule has 74 valence electrons. The van der Waals surface area contributed by atoms with Crippen molar-refractivity contribution in [2.75, 3.05) is 4.72 Å². The first kappa shape index (κ1) is 9.84. The van der Waals surface area contributed by atoms with Gasteiger partial charge in [0, 0.05) is 6.20 Å². The number of aromatic nitrogens is 2. The molecule has 1 aromatic heterocycles. The number of hydrogen-bond donors (Lipinski definition) is 2. The van der Waals surface area contributed by atoms with Crippen LogP contribution in [-0.2, 0) is 10.0 Å². The summed E-state index contributed by atoms with van der Waals surface area (Å²) in [6.45, 7) is 0. The molecule has 0 spiro atoms. The van der Waals surface area contributed by atoms with Gasteiger partial charge < -0.3 is 0 Å². The summed E-state index contributed by atoms with van der Waals surface area (Å²) in [6.07, 6.45) is 1.91. The summed E-state index contributed by atoms with van der Waals surface area (Å²) >= 11 is 0. The molecule has 9 heteroatoms. The third-order valence-electron chi connectivity index (χ3n) is 1.06. The molecule has 2 N–H and O–H groups in total. The first-order valence-electron chi connectivity index (χ1n) is 2.91. The minimum absolute atomic E-state index is 0.266. The third-order valence-corrected chi connectivity index (χ3v) is 2.17. The van der Waals surface area contributed by atoms with Crippen LogP contribution < -0.4 is 4.72 Å². The Labute approximate surface area is 71.0 Å². The number of anilines is 1. The van der Waals surface area contributed by atoms with Crippen molar-refractivity contribution in [1.29, 1.82) is 0 Å². The van der Waals surface area contributed by atoms with Gasteiger partial charge in [-0.15, -0.1) is 0 Å². The van der Waals surface area contributed by atoms with E-state index in [2.05, 4.69) is 10.2 Å². The number of rotatable bonds is 2. The Morgan fingerprint density at radius 2 is 2.08 bits per heavy atom. The zero-order valence-corrected chi connectivity index (χ0v) is 6.78. The highest BCUT2D eigenvalue weighted by Crippen LogP contribution is 2.24. The minimum atomic E-state index is -5.33. The molecule has 5 nitrogen and oxygen atoms in total. The van der Waals surface area contributed by atoms with Crippen LogP contribution in [-0.4, -0.2) is 24.1 Å². The van der Waals surface area contributed by atoms with Crippen LogP contribution in [0.1, 0.15) is 0 Å². The first-order valence-corrected chi connectivity index (χ1v) is 4.39. The fourth-order valence-electron chi connectivity index (χ4n) is 0.520. The number of H-pyrrole nitrogens is 1. The van der Waals surface area contributed by atoms with E-state index in [1.807, 2.05) is 0 Å². The number of aromatic amines is 1. The molecule has 13 heavy (non-hydrogen) atoms. The number of nitrogens with one attached hydrogen (secondary N) is 2. The summed E-state index contributed by atoms with van der Waals surface area (Å²) in [5, 5.41) is 5.43. The highest BCUT2D eigenvalue weighted by Gasteiger charge is 2.46. The van der Waals surface area contributed by atoms with Crippen molar-refractivity contribution in [3.63, 3.8) is 0 Å². The van der Waals surface area contributed by atoms with Crippen LogP contribution in [0.15, 0.2) is 12.4 Å². The normalized spacial score (nSPS) is 12.8. The molecule has 0 saturated heterocycles. The van der Waals surface area contributed by atoms with Crippen molar-refractivity contribution in [3.8, 4) is 0 Å². The SMILES string of the molecule is O=S(=O)(Nc1cn[nH]c1)C(F)(F)F. The topological polar surface area (TPSA) is 74.8 Å². The molecule has 0 fully saturated rings. The zero-order valence-electron chi connectivity index (χ0n) is 5.96. The van der Waals surface area contributed by atoms with Crippen molar-refractivity contribution in [1.82, 2.24) is 10.2 Å². The van der Waals surface area contributed by atoms with E-state index in [1.54, 1.807) is 0 Å². The summed E-state index contributed by atoms with van der Waals surface area (Å²) in [7, 11) is -5.33. The van der Waals surface area contributed by atoms with Crippen LogP contribution in [0, 0.1) is 0 Å². The molecule has 0 atom stereocenters. The van der Waals surface area contributed by atoms with Crippen molar-refractivity contribution < 1.29 is 21.6 Å². The maximum Gasteiger partial charge on any atom is 0.516 e. The quantitative estimate of drug-likeness (QED) is 0.761. The Balaban J connectivity index is 2.87. The van der Waals surface area contributed by atoms with Gasteiger partial charge in [0.1, 0.15) is 0 Å². The van der Waals surface area contributed by atoms with Crippen LogP contribution in [0.2, 0.25) is 0 Å². The lowest BCUT2D eigenvalue weighted by atomic mass is 10.6. The van der Waals surface area contributed by atoms with Gasteiger partial charge in [-0.3, -0.25) is 9.82 Å². The van der Waals surface area contributed by atoms with Crippen LogP contribution >= 0.6 is 0 Å². The average molecular weight is 215 g/mol. The largest absolute Gasteiger partial charge is 0.516 e. The Kier molecular flexibility index (Phi) is 2.20. The predicted molar refractivity (Wildman–Crippen MR) is 37.2 cm³/mol. The smallest absolute Gasteiger partial charge is 0.284 e. The lowest BCUT2D eigenvalue weighted by molar-refractivity contribution is -0.0429. The molecule has 0 aromatic carbocycles. The molecular weight excluding hydrogens is 211 g/mol. The Hall–Kier alpha value is -1.25. The van der Waals surface area contributed by atoms with E-state index in [-0.39, 0.29) is 5.69 Å². The second kappa shape index (κ2) is 2.91. The van der Waals surface area contributed by atoms with E-state index in [1.165, 1.54) is 4.72 Å². The van der Waals surface area contributed by atoms with E-state index >= 15 is 0 Å². The van der Waals surface area contributed by atoms with E-state index < -0.39 is 15.5 Å². The summed E-state index contributed by atoms with van der Waals surface area (Å²) in [4.78, 5) is 0. The van der Waals surface area contributed by atoms with Crippen molar-refractivity contribution in [2.24, 2.45) is 0 Å². The molecular formula is C4H4F3N3O2S. The number of hydrogen-bond acceptors (Lipinski definition) is 3. The van der Waals surface area contributed by atoms with E-state index in [0.29, 0.717) is 0 Å². The maximum absolute atomic E-state index is 11.7. The molecule has 0 bridgehead atoms. The first-order chi connectivity index (χ1) is 5.83. The number of halogens is 3. The van der Waals surface area contributed by atoms with E-state index in [0.717, 1.165) is 12.4 Å². The van der Waals surface area contributed by atoms with Gasteiger partial charge in [-0.25, -0.2) is 0 Å². The highest BCUT2D eigenvalue weighted by molar-refractivity contribution is 7.93. The Morgan fingerprint density at radius 3 is 2.46 bits per heavy atom. The van der Waals surface area contributed by atoms with Crippen LogP contribution in [0.5, 0.6) is 0 Å². The maximum atomic E-state index is 11.7. The summed E-state index contributed by atoms with van der Waals surface area (Å²) in [6, 6.07) is 0. The van der Waals surface area contributed by atoms with Gasteiger partial charge >= 0.3 is 15.5 Å².